The topological polar surface area (TPSA) is 77.1 Å². The van der Waals surface area contributed by atoms with Crippen LogP contribution in [0.2, 0.25) is 18.1 Å². The molecule has 0 aromatic heterocycles. The van der Waals surface area contributed by atoms with Crippen molar-refractivity contribution in [3.05, 3.63) is 0 Å². The smallest absolute Gasteiger partial charge is 0.411 e. The van der Waals surface area contributed by atoms with E-state index in [2.05, 4.69) is 39.2 Å². The maximum Gasteiger partial charge on any atom is 0.411 e. The molecular formula is C25H48N2O5Si. The Balaban J connectivity index is 2.28. The van der Waals surface area contributed by atoms with Crippen molar-refractivity contribution in [2.45, 2.75) is 128 Å². The molecule has 2 rings (SSSR count). The van der Waals surface area contributed by atoms with Gasteiger partial charge in [0, 0.05) is 12.5 Å². The highest BCUT2D eigenvalue weighted by molar-refractivity contribution is 6.74. The maximum absolute atomic E-state index is 13.3. The number of methoxy groups -OCH3 is 1. The zero-order valence-corrected chi connectivity index (χ0v) is 23.5. The van der Waals surface area contributed by atoms with E-state index >= 15 is 0 Å². The predicted molar refractivity (Wildman–Crippen MR) is 134 cm³/mol. The summed E-state index contributed by atoms with van der Waals surface area (Å²) in [5.41, 5.74) is -1.75. The lowest BCUT2D eigenvalue weighted by atomic mass is 9.90. The van der Waals surface area contributed by atoms with E-state index < -0.39 is 25.6 Å². The quantitative estimate of drug-likeness (QED) is 0.393. The number of likely N-dealkylation sites (tertiary alicyclic amines) is 1. The Kier molecular flexibility index (Phi) is 9.07. The summed E-state index contributed by atoms with van der Waals surface area (Å²) in [6.45, 7) is 17.5. The van der Waals surface area contributed by atoms with Gasteiger partial charge in [-0.3, -0.25) is 4.90 Å². The molecule has 0 aromatic carbocycles. The third kappa shape index (κ3) is 7.18. The third-order valence-electron chi connectivity index (χ3n) is 7.49. The minimum absolute atomic E-state index is 0.0306. The summed E-state index contributed by atoms with van der Waals surface area (Å²) in [5.74, 6) is -0.389. The highest BCUT2D eigenvalue weighted by Crippen LogP contribution is 2.42. The Bertz CT molecular complexity index is 679. The molecule has 1 amide bonds. The fourth-order valence-electron chi connectivity index (χ4n) is 4.68. The SMILES string of the molecule is COC(=O)C1(CCNC2CCCCC2)C[C@@H](O[Si](C)(C)C(C)(C)C)CN1C(=O)OC(C)(C)C. The summed E-state index contributed by atoms with van der Waals surface area (Å²) >= 11 is 0. The summed E-state index contributed by atoms with van der Waals surface area (Å²) in [4.78, 5) is 28.2. The van der Waals surface area contributed by atoms with Crippen molar-refractivity contribution in [1.29, 1.82) is 0 Å². The van der Waals surface area contributed by atoms with Crippen molar-refractivity contribution in [3.63, 3.8) is 0 Å². The average Bonchev–Trinajstić information content (AvgIpc) is 3.05. The van der Waals surface area contributed by atoms with Gasteiger partial charge in [0.1, 0.15) is 11.1 Å². The average molecular weight is 485 g/mol. The van der Waals surface area contributed by atoms with Gasteiger partial charge in [-0.15, -0.1) is 0 Å². The standard InChI is InChI=1S/C25H48N2O5Si/c1-23(2,3)31-22(29)27-18-20(32-33(8,9)24(4,5)6)17-25(27,21(28)30-7)15-16-26-19-13-11-10-12-14-19/h19-20,26H,10-18H2,1-9H3/t20-,25?/m1/s1. The van der Waals surface area contributed by atoms with Gasteiger partial charge in [-0.2, -0.15) is 0 Å². The summed E-state index contributed by atoms with van der Waals surface area (Å²) in [5, 5.41) is 3.66. The van der Waals surface area contributed by atoms with E-state index in [1.165, 1.54) is 26.4 Å². The first kappa shape index (κ1) is 28.1. The molecule has 2 aliphatic rings. The van der Waals surface area contributed by atoms with Crippen LogP contribution in [-0.4, -0.2) is 68.8 Å². The molecule has 1 unspecified atom stereocenters. The minimum atomic E-state index is -2.09. The Morgan fingerprint density at radius 2 is 1.67 bits per heavy atom. The van der Waals surface area contributed by atoms with Crippen LogP contribution in [0.4, 0.5) is 4.79 Å². The summed E-state index contributed by atoms with van der Waals surface area (Å²) in [6.07, 6.45) is 6.31. The van der Waals surface area contributed by atoms with Gasteiger partial charge >= 0.3 is 12.1 Å². The highest BCUT2D eigenvalue weighted by Gasteiger charge is 2.56. The van der Waals surface area contributed by atoms with Gasteiger partial charge < -0.3 is 19.2 Å². The molecule has 7 nitrogen and oxygen atoms in total. The number of nitrogens with one attached hydrogen (secondary N) is 1. The first-order chi connectivity index (χ1) is 15.1. The van der Waals surface area contributed by atoms with Crippen LogP contribution in [0.15, 0.2) is 0 Å². The minimum Gasteiger partial charge on any atom is -0.467 e. The van der Waals surface area contributed by atoms with Crippen molar-refractivity contribution in [2.24, 2.45) is 0 Å². The van der Waals surface area contributed by atoms with Gasteiger partial charge in [0.05, 0.1) is 19.8 Å². The number of hydrogen-bond donors (Lipinski definition) is 1. The Labute approximate surface area is 202 Å². The van der Waals surface area contributed by atoms with Gasteiger partial charge in [0.25, 0.3) is 0 Å². The molecule has 2 fully saturated rings. The predicted octanol–water partition coefficient (Wildman–Crippen LogP) is 5.24. The van der Waals surface area contributed by atoms with E-state index in [0.29, 0.717) is 32.0 Å². The molecule has 1 saturated carbocycles. The maximum atomic E-state index is 13.3. The molecule has 192 valence electrons. The Morgan fingerprint density at radius 1 is 1.06 bits per heavy atom. The number of rotatable bonds is 7. The van der Waals surface area contributed by atoms with E-state index in [9.17, 15) is 9.59 Å². The number of hydrogen-bond acceptors (Lipinski definition) is 6. The van der Waals surface area contributed by atoms with Crippen LogP contribution >= 0.6 is 0 Å². The molecule has 0 radical (unpaired) electrons. The molecule has 0 spiro atoms. The molecule has 1 aliphatic heterocycles. The normalized spacial score (nSPS) is 25.2. The summed E-state index contributed by atoms with van der Waals surface area (Å²) in [6, 6.07) is 0.476. The van der Waals surface area contributed by atoms with Crippen molar-refractivity contribution in [1.82, 2.24) is 10.2 Å². The van der Waals surface area contributed by atoms with Crippen LogP contribution < -0.4 is 5.32 Å². The van der Waals surface area contributed by atoms with E-state index in [4.69, 9.17) is 13.9 Å². The first-order valence-electron chi connectivity index (χ1n) is 12.6. The van der Waals surface area contributed by atoms with Crippen molar-refractivity contribution >= 4 is 20.4 Å². The number of esters is 1. The van der Waals surface area contributed by atoms with Crippen LogP contribution in [-0.2, 0) is 18.7 Å². The van der Waals surface area contributed by atoms with E-state index in [1.807, 2.05) is 20.8 Å². The van der Waals surface area contributed by atoms with Crippen LogP contribution in [0.5, 0.6) is 0 Å². The second-order valence-corrected chi connectivity index (χ2v) is 17.1. The fourth-order valence-corrected chi connectivity index (χ4v) is 6.03. The molecule has 1 heterocycles. The molecule has 1 saturated heterocycles. The van der Waals surface area contributed by atoms with Crippen LogP contribution in [0, 0.1) is 0 Å². The molecule has 0 bridgehead atoms. The van der Waals surface area contributed by atoms with E-state index in [1.54, 1.807) is 4.90 Å². The molecular weight excluding hydrogens is 436 g/mol. The number of carbonyl (C=O) groups excluding carboxylic acids is 2. The zero-order valence-electron chi connectivity index (χ0n) is 22.5. The summed E-state index contributed by atoms with van der Waals surface area (Å²) < 4.78 is 17.7. The lowest BCUT2D eigenvalue weighted by Crippen LogP contribution is -2.56. The highest BCUT2D eigenvalue weighted by atomic mass is 28.4. The van der Waals surface area contributed by atoms with Gasteiger partial charge in [-0.25, -0.2) is 9.59 Å². The Hall–Kier alpha value is -1.12. The number of nitrogens with zero attached hydrogens (tertiary/aromatic N) is 1. The Morgan fingerprint density at radius 3 is 2.18 bits per heavy atom. The van der Waals surface area contributed by atoms with Crippen LogP contribution in [0.25, 0.3) is 0 Å². The van der Waals surface area contributed by atoms with Crippen molar-refractivity contribution in [3.8, 4) is 0 Å². The number of carbonyl (C=O) groups is 2. The lowest BCUT2D eigenvalue weighted by Gasteiger charge is -2.38. The monoisotopic (exact) mass is 484 g/mol. The molecule has 8 heteroatoms. The second-order valence-electron chi connectivity index (χ2n) is 12.4. The van der Waals surface area contributed by atoms with Crippen LogP contribution in [0.3, 0.4) is 0 Å². The van der Waals surface area contributed by atoms with Gasteiger partial charge in [0.15, 0.2) is 8.32 Å². The second kappa shape index (κ2) is 10.6. The fraction of sp³-hybridized carbons (Fsp3) is 0.920. The molecule has 2 atom stereocenters. The van der Waals surface area contributed by atoms with E-state index in [0.717, 1.165) is 12.8 Å². The van der Waals surface area contributed by atoms with Crippen LogP contribution in [0.1, 0.15) is 86.5 Å². The number of ether oxygens (including phenoxy) is 2. The molecule has 33 heavy (non-hydrogen) atoms. The van der Waals surface area contributed by atoms with Gasteiger partial charge in [-0.05, 0) is 64.7 Å². The lowest BCUT2D eigenvalue weighted by molar-refractivity contribution is -0.153. The van der Waals surface area contributed by atoms with Crippen molar-refractivity contribution in [2.75, 3.05) is 20.2 Å². The number of amides is 1. The largest absolute Gasteiger partial charge is 0.467 e. The van der Waals surface area contributed by atoms with Crippen molar-refractivity contribution < 1.29 is 23.5 Å². The molecule has 0 aromatic rings. The molecule has 1 aliphatic carbocycles. The van der Waals surface area contributed by atoms with Gasteiger partial charge in [0.2, 0.25) is 0 Å². The zero-order chi connectivity index (χ0) is 25.1. The molecule has 1 N–H and O–H groups in total. The third-order valence-corrected chi connectivity index (χ3v) is 12.0. The first-order valence-corrected chi connectivity index (χ1v) is 15.5. The van der Waals surface area contributed by atoms with E-state index in [-0.39, 0.29) is 17.1 Å². The van der Waals surface area contributed by atoms with Gasteiger partial charge in [-0.1, -0.05) is 40.0 Å². The summed E-state index contributed by atoms with van der Waals surface area (Å²) in [7, 11) is -0.696.